The number of hydrogen-bond acceptors (Lipinski definition) is 11. The number of aromatic nitrogens is 2. The Morgan fingerprint density at radius 3 is 2.45 bits per heavy atom. The summed E-state index contributed by atoms with van der Waals surface area (Å²) in [6.45, 7) is 12.3. The normalized spacial score (nSPS) is 25.9. The molecule has 1 aromatic carbocycles. The van der Waals surface area contributed by atoms with Crippen LogP contribution in [0.3, 0.4) is 0 Å². The Hall–Kier alpha value is -4.01. The molecule has 5 rings (SSSR count). The van der Waals surface area contributed by atoms with Gasteiger partial charge in [0, 0.05) is 19.4 Å². The summed E-state index contributed by atoms with van der Waals surface area (Å²) in [7, 11) is -2.41. The minimum atomic E-state index is -3.91. The predicted octanol–water partition coefficient (Wildman–Crippen LogP) is 2.50. The van der Waals surface area contributed by atoms with Gasteiger partial charge in [-0.3, -0.25) is 19.1 Å². The number of sulfonamides is 1. The van der Waals surface area contributed by atoms with Gasteiger partial charge in [-0.1, -0.05) is 6.92 Å². The highest BCUT2D eigenvalue weighted by Crippen LogP contribution is 2.46. The average molecular weight is 673 g/mol. The van der Waals surface area contributed by atoms with Crippen LogP contribution in [0.4, 0.5) is 0 Å². The van der Waals surface area contributed by atoms with E-state index < -0.39 is 61.8 Å². The number of carbonyl (C=O) groups is 3. The van der Waals surface area contributed by atoms with Crippen LogP contribution in [0.5, 0.6) is 11.6 Å². The molecule has 47 heavy (non-hydrogen) atoms. The molecule has 1 aromatic heterocycles. The highest BCUT2D eigenvalue weighted by atomic mass is 32.2. The Bertz CT molecular complexity index is 1720. The zero-order valence-electron chi connectivity index (χ0n) is 28.1. The van der Waals surface area contributed by atoms with Gasteiger partial charge in [-0.05, 0) is 71.9 Å². The fourth-order valence-corrected chi connectivity index (χ4v) is 7.12. The second-order valence-corrected chi connectivity index (χ2v) is 16.2. The topological polar surface area (TPSA) is 178 Å². The van der Waals surface area contributed by atoms with Crippen molar-refractivity contribution in [3.63, 3.8) is 0 Å². The van der Waals surface area contributed by atoms with Crippen molar-refractivity contribution in [2.24, 2.45) is 10.9 Å². The van der Waals surface area contributed by atoms with Crippen molar-refractivity contribution in [3.8, 4) is 11.6 Å². The first-order valence-electron chi connectivity index (χ1n) is 15.8. The van der Waals surface area contributed by atoms with E-state index in [2.05, 4.69) is 25.0 Å². The highest BCUT2D eigenvalue weighted by molar-refractivity contribution is 7.91. The zero-order valence-corrected chi connectivity index (χ0v) is 28.9. The molecule has 3 amide bonds. The first kappa shape index (κ1) is 34.3. The summed E-state index contributed by atoms with van der Waals surface area (Å²) in [5.74, 6) is -0.939. The summed E-state index contributed by atoms with van der Waals surface area (Å²) in [5.41, 5.74) is -0.733. The number of carbonyl (C=O) groups excluding carboxylic acids is 3. The summed E-state index contributed by atoms with van der Waals surface area (Å²) in [6.07, 6.45) is 2.23. The largest absolute Gasteiger partial charge is 0.488 e. The number of rotatable bonds is 10. The quantitative estimate of drug-likeness (QED) is 0.281. The number of fused-ring (bicyclic) bond motifs is 1. The molecule has 15 heteroatoms. The van der Waals surface area contributed by atoms with E-state index in [1.165, 1.54) is 18.2 Å². The van der Waals surface area contributed by atoms with Crippen molar-refractivity contribution in [2.75, 3.05) is 13.7 Å². The van der Waals surface area contributed by atoms with Gasteiger partial charge in [-0.15, -0.1) is 0 Å². The number of likely N-dealkylation sites (tertiary alicyclic amines) is 1. The van der Waals surface area contributed by atoms with E-state index in [1.54, 1.807) is 45.9 Å². The van der Waals surface area contributed by atoms with Gasteiger partial charge >= 0.3 is 0 Å². The molecule has 2 aliphatic carbocycles. The lowest BCUT2D eigenvalue weighted by Gasteiger charge is -2.28. The second kappa shape index (κ2) is 12.2. The number of nitrogens with one attached hydrogen (secondary N) is 2. The highest BCUT2D eigenvalue weighted by Gasteiger charge is 2.62. The Morgan fingerprint density at radius 1 is 1.17 bits per heavy atom. The fraction of sp³-hybridized carbons (Fsp3) is 0.625. The summed E-state index contributed by atoms with van der Waals surface area (Å²) >= 11 is 0. The maximum Gasteiger partial charge on any atom is 0.259 e. The number of nitrogens with zero attached hydrogens (tertiary/aromatic N) is 4. The van der Waals surface area contributed by atoms with Crippen LogP contribution in [0.15, 0.2) is 29.4 Å². The molecule has 0 radical (unpaired) electrons. The van der Waals surface area contributed by atoms with Crippen LogP contribution in [-0.4, -0.2) is 94.6 Å². The monoisotopic (exact) mass is 672 g/mol. The molecule has 2 saturated carbocycles. The summed E-state index contributed by atoms with van der Waals surface area (Å²) in [4.78, 5) is 55.7. The van der Waals surface area contributed by atoms with Crippen molar-refractivity contribution in [1.82, 2.24) is 24.9 Å². The fourth-order valence-electron chi connectivity index (χ4n) is 5.81. The van der Waals surface area contributed by atoms with Gasteiger partial charge in [-0.2, -0.15) is 0 Å². The number of ether oxygens (including phenoxy) is 3. The third kappa shape index (κ3) is 7.29. The average Bonchev–Trinajstić information content (AvgIpc) is 3.84. The third-order valence-corrected chi connectivity index (χ3v) is 11.1. The number of hydrogen-bond donors (Lipinski definition) is 2. The minimum Gasteiger partial charge on any atom is -0.488 e. The smallest absolute Gasteiger partial charge is 0.259 e. The van der Waals surface area contributed by atoms with E-state index >= 15 is 0 Å². The van der Waals surface area contributed by atoms with Crippen molar-refractivity contribution >= 4 is 44.7 Å². The van der Waals surface area contributed by atoms with Crippen molar-refractivity contribution < 1.29 is 37.0 Å². The summed E-state index contributed by atoms with van der Waals surface area (Å²) < 4.78 is 44.1. The zero-order chi connectivity index (χ0) is 34.5. The Morgan fingerprint density at radius 2 is 1.85 bits per heavy atom. The molecule has 1 saturated heterocycles. The summed E-state index contributed by atoms with van der Waals surface area (Å²) in [6, 6.07) is 3.30. The van der Waals surface area contributed by atoms with Crippen LogP contribution in [0.1, 0.15) is 74.1 Å². The number of benzene rings is 1. The second-order valence-electron chi connectivity index (χ2n) is 14.0. The Balaban J connectivity index is 1.37. The molecule has 3 fully saturated rings. The van der Waals surface area contributed by atoms with E-state index in [0.29, 0.717) is 41.4 Å². The molecule has 2 N–H and O–H groups in total. The molecule has 14 nitrogen and oxygen atoms in total. The third-order valence-electron chi connectivity index (χ3n) is 8.93. The van der Waals surface area contributed by atoms with Crippen molar-refractivity contribution in [3.05, 3.63) is 24.4 Å². The van der Waals surface area contributed by atoms with E-state index in [0.717, 1.165) is 0 Å². The van der Waals surface area contributed by atoms with Gasteiger partial charge in [0.25, 0.3) is 5.91 Å². The van der Waals surface area contributed by atoms with Gasteiger partial charge in [-0.25, -0.2) is 23.4 Å². The van der Waals surface area contributed by atoms with Gasteiger partial charge in [0.2, 0.25) is 27.7 Å². The first-order valence-corrected chi connectivity index (χ1v) is 17.2. The summed E-state index contributed by atoms with van der Waals surface area (Å²) in [5, 5.41) is 2.81. The van der Waals surface area contributed by atoms with E-state index in [-0.39, 0.29) is 25.3 Å². The molecule has 256 valence electrons. The lowest BCUT2D eigenvalue weighted by Crippen LogP contribution is -2.57. The minimum absolute atomic E-state index is 0.0687. The molecule has 0 bridgehead atoms. The maximum atomic E-state index is 13.9. The van der Waals surface area contributed by atoms with E-state index in [4.69, 9.17) is 14.2 Å². The number of aliphatic imine (C=N–C) groups is 1. The predicted molar refractivity (Wildman–Crippen MR) is 173 cm³/mol. The number of amides is 3. The van der Waals surface area contributed by atoms with Crippen LogP contribution in [0.25, 0.3) is 11.0 Å². The molecule has 5 unspecified atom stereocenters. The van der Waals surface area contributed by atoms with Gasteiger partial charge in [0.15, 0.2) is 5.90 Å². The number of methoxy groups -OCH3 is 1. The van der Waals surface area contributed by atoms with E-state index in [1.807, 2.05) is 20.8 Å². The van der Waals surface area contributed by atoms with Gasteiger partial charge < -0.3 is 24.4 Å². The van der Waals surface area contributed by atoms with Crippen molar-refractivity contribution in [2.45, 2.75) is 108 Å². The van der Waals surface area contributed by atoms with Gasteiger partial charge in [0.1, 0.15) is 35.1 Å². The molecule has 0 spiro atoms. The SMILES string of the molecule is COc1cnc2ccc(OC3CC(C(=O)NC4(C(=O)NS(=O)(=O)C5(C)CC5)CC4C)N(C(=O)C(C)N=C(C)OC(C)(C)C)C3)cc2n1. The van der Waals surface area contributed by atoms with Crippen LogP contribution in [0, 0.1) is 5.92 Å². The standard InChI is InChI=1S/C32H44N6O8S/c1-18-15-32(18,29(41)37-47(42,43)31(7)11-12-31)36-27(39)25-14-22(17-38(25)28(40)19(2)34-20(3)46-30(4,5)6)45-21-9-10-23-24(13-21)35-26(44-8)16-33-23/h9-10,13,16,18-19,22,25H,11-12,14-15,17H2,1-8H3,(H,36,39)(H,37,41). The van der Waals surface area contributed by atoms with Crippen LogP contribution < -0.4 is 19.5 Å². The molecule has 2 aromatic rings. The molecule has 5 atom stereocenters. The molecule has 1 aliphatic heterocycles. The van der Waals surface area contributed by atoms with Crippen molar-refractivity contribution in [1.29, 1.82) is 0 Å². The van der Waals surface area contributed by atoms with Crippen LogP contribution >= 0.6 is 0 Å². The van der Waals surface area contributed by atoms with Gasteiger partial charge in [0.05, 0.1) is 35.6 Å². The molecule has 2 heterocycles. The Kier molecular flexibility index (Phi) is 8.92. The lowest BCUT2D eigenvalue weighted by atomic mass is 10.1. The van der Waals surface area contributed by atoms with E-state index in [9.17, 15) is 22.8 Å². The van der Waals surface area contributed by atoms with Crippen LogP contribution in [0.2, 0.25) is 0 Å². The van der Waals surface area contributed by atoms with Crippen LogP contribution in [-0.2, 0) is 29.1 Å². The maximum absolute atomic E-state index is 13.9. The molecular formula is C32H44N6O8S. The molecule has 3 aliphatic rings. The Labute approximate surface area is 275 Å². The lowest BCUT2D eigenvalue weighted by molar-refractivity contribution is -0.140. The first-order chi connectivity index (χ1) is 21.9. The molecular weight excluding hydrogens is 628 g/mol.